The third-order valence-corrected chi connectivity index (χ3v) is 5.97. The molecule has 1 amide bonds. The van der Waals surface area contributed by atoms with Gasteiger partial charge in [-0.05, 0) is 52.0 Å². The minimum atomic E-state index is -1.24. The zero-order valence-corrected chi connectivity index (χ0v) is 15.9. The molecule has 4 rings (SSSR count). The number of ether oxygens (including phenoxy) is 2. The van der Waals surface area contributed by atoms with Crippen molar-refractivity contribution >= 4 is 34.7 Å². The monoisotopic (exact) mass is 399 g/mol. The molecule has 1 aromatic carbocycles. The van der Waals surface area contributed by atoms with Gasteiger partial charge in [0, 0.05) is 16.5 Å². The van der Waals surface area contributed by atoms with Gasteiger partial charge in [-0.3, -0.25) is 4.79 Å². The van der Waals surface area contributed by atoms with E-state index in [1.165, 1.54) is 28.7 Å². The Balaban J connectivity index is 1.44. The van der Waals surface area contributed by atoms with Gasteiger partial charge < -0.3 is 19.9 Å². The molecule has 27 heavy (non-hydrogen) atoms. The first-order valence-corrected chi connectivity index (χ1v) is 10.1. The lowest BCUT2D eigenvalue weighted by molar-refractivity contribution is -0.117. The third kappa shape index (κ3) is 3.75. The quantitative estimate of drug-likeness (QED) is 0.622. The van der Waals surface area contributed by atoms with Gasteiger partial charge in [-0.15, -0.1) is 11.3 Å². The highest BCUT2D eigenvalue weighted by molar-refractivity contribution is 7.10. The predicted molar refractivity (Wildman–Crippen MR) is 106 cm³/mol. The molecule has 3 aromatic rings. The summed E-state index contributed by atoms with van der Waals surface area (Å²) >= 11 is 2.97. The smallest absolute Gasteiger partial charge is 0.244 e. The number of hydrogen-bond donors (Lipinski definition) is 2. The lowest BCUT2D eigenvalue weighted by Gasteiger charge is -2.26. The van der Waals surface area contributed by atoms with Crippen LogP contribution in [0.3, 0.4) is 0 Å². The van der Waals surface area contributed by atoms with Crippen LogP contribution in [0.15, 0.2) is 58.6 Å². The van der Waals surface area contributed by atoms with Gasteiger partial charge in [0.15, 0.2) is 11.5 Å². The molecule has 0 bridgehead atoms. The van der Waals surface area contributed by atoms with Crippen LogP contribution in [-0.4, -0.2) is 24.4 Å². The molecule has 138 valence electrons. The lowest BCUT2D eigenvalue weighted by atomic mass is 9.94. The van der Waals surface area contributed by atoms with Crippen LogP contribution >= 0.6 is 22.7 Å². The van der Waals surface area contributed by atoms with Crippen molar-refractivity contribution in [1.29, 1.82) is 0 Å². The van der Waals surface area contributed by atoms with Crippen molar-refractivity contribution in [1.82, 2.24) is 5.32 Å². The molecule has 0 saturated heterocycles. The molecule has 2 N–H and O–H groups in total. The largest absolute Gasteiger partial charge is 0.454 e. The Bertz CT molecular complexity index is 914. The maximum absolute atomic E-state index is 12.3. The standard InChI is InChI=1S/C20H17NO4S2/c22-19(6-4-14-3-5-16-17(10-14)25-13-24-16)21-12-20(23,15-7-9-26-11-15)18-2-1-8-27-18/h1-11,23H,12-13H2,(H,21,22). The number of thiophene rings is 2. The predicted octanol–water partition coefficient (Wildman–Crippen LogP) is 3.60. The fourth-order valence-electron chi connectivity index (χ4n) is 2.81. The fraction of sp³-hybridized carbons (Fsp3) is 0.150. The maximum Gasteiger partial charge on any atom is 0.244 e. The van der Waals surface area contributed by atoms with Crippen molar-refractivity contribution in [3.05, 3.63) is 74.6 Å². The van der Waals surface area contributed by atoms with Crippen molar-refractivity contribution in [2.45, 2.75) is 5.60 Å². The Morgan fingerprint density at radius 3 is 2.89 bits per heavy atom. The number of amides is 1. The molecule has 1 aliphatic rings. The van der Waals surface area contributed by atoms with E-state index in [2.05, 4.69) is 5.32 Å². The number of carbonyl (C=O) groups excluding carboxylic acids is 1. The molecule has 0 saturated carbocycles. The summed E-state index contributed by atoms with van der Waals surface area (Å²) in [5.41, 5.74) is 0.368. The van der Waals surface area contributed by atoms with Gasteiger partial charge in [0.2, 0.25) is 12.7 Å². The normalized spacial score (nSPS) is 15.0. The number of benzene rings is 1. The summed E-state index contributed by atoms with van der Waals surface area (Å²) in [7, 11) is 0. The van der Waals surface area contributed by atoms with Crippen LogP contribution in [0.2, 0.25) is 0 Å². The second-order valence-electron chi connectivity index (χ2n) is 6.01. The first-order chi connectivity index (χ1) is 13.1. The van der Waals surface area contributed by atoms with Crippen molar-refractivity contribution < 1.29 is 19.4 Å². The Kier molecular flexibility index (Phi) is 4.98. The van der Waals surface area contributed by atoms with Crippen LogP contribution in [0.1, 0.15) is 16.0 Å². The number of fused-ring (bicyclic) bond motifs is 1. The second-order valence-corrected chi connectivity index (χ2v) is 7.74. The van der Waals surface area contributed by atoms with Crippen LogP contribution in [0, 0.1) is 0 Å². The van der Waals surface area contributed by atoms with E-state index in [0.29, 0.717) is 11.5 Å². The molecule has 0 radical (unpaired) electrons. The average Bonchev–Trinajstić information content (AvgIpc) is 3.45. The molecule has 0 spiro atoms. The number of hydrogen-bond acceptors (Lipinski definition) is 6. The summed E-state index contributed by atoms with van der Waals surface area (Å²) in [6, 6.07) is 11.1. The van der Waals surface area contributed by atoms with Gasteiger partial charge in [0.05, 0.1) is 6.54 Å². The summed E-state index contributed by atoms with van der Waals surface area (Å²) in [6.45, 7) is 0.307. The lowest BCUT2D eigenvalue weighted by Crippen LogP contribution is -2.40. The molecule has 3 heterocycles. The summed E-state index contributed by atoms with van der Waals surface area (Å²) in [5, 5.41) is 19.7. The van der Waals surface area contributed by atoms with Crippen LogP contribution in [-0.2, 0) is 10.4 Å². The molecule has 0 fully saturated rings. The van der Waals surface area contributed by atoms with E-state index >= 15 is 0 Å². The topological polar surface area (TPSA) is 67.8 Å². The molecular weight excluding hydrogens is 382 g/mol. The Morgan fingerprint density at radius 1 is 1.22 bits per heavy atom. The van der Waals surface area contributed by atoms with Gasteiger partial charge in [-0.1, -0.05) is 12.1 Å². The summed E-state index contributed by atoms with van der Waals surface area (Å²) < 4.78 is 10.6. The zero-order chi connectivity index (χ0) is 18.7. The SMILES string of the molecule is O=C(C=Cc1ccc2c(c1)OCO2)NCC(O)(c1ccsc1)c1cccs1. The van der Waals surface area contributed by atoms with Crippen molar-refractivity contribution in [2.24, 2.45) is 0 Å². The highest BCUT2D eigenvalue weighted by atomic mass is 32.1. The van der Waals surface area contributed by atoms with Gasteiger partial charge in [-0.25, -0.2) is 0 Å². The molecule has 1 unspecified atom stereocenters. The maximum atomic E-state index is 12.3. The van der Waals surface area contributed by atoms with E-state index in [1.54, 1.807) is 6.08 Å². The highest BCUT2D eigenvalue weighted by Crippen LogP contribution is 2.34. The summed E-state index contributed by atoms with van der Waals surface area (Å²) in [6.07, 6.45) is 3.14. The highest BCUT2D eigenvalue weighted by Gasteiger charge is 2.33. The van der Waals surface area contributed by atoms with Gasteiger partial charge in [-0.2, -0.15) is 11.3 Å². The van der Waals surface area contributed by atoms with Crippen LogP contribution in [0.5, 0.6) is 11.5 Å². The van der Waals surface area contributed by atoms with E-state index in [4.69, 9.17) is 9.47 Å². The zero-order valence-electron chi connectivity index (χ0n) is 14.3. The van der Waals surface area contributed by atoms with Gasteiger partial charge in [0.1, 0.15) is 5.60 Å². The van der Waals surface area contributed by atoms with Crippen LogP contribution in [0.25, 0.3) is 6.08 Å². The molecule has 1 aliphatic heterocycles. The second kappa shape index (κ2) is 7.56. The fourth-order valence-corrected chi connectivity index (χ4v) is 4.38. The average molecular weight is 399 g/mol. The van der Waals surface area contributed by atoms with E-state index in [-0.39, 0.29) is 19.2 Å². The Hall–Kier alpha value is -2.61. The minimum Gasteiger partial charge on any atom is -0.454 e. The number of nitrogens with one attached hydrogen (secondary N) is 1. The van der Waals surface area contributed by atoms with Crippen molar-refractivity contribution in [3.63, 3.8) is 0 Å². The van der Waals surface area contributed by atoms with Crippen LogP contribution < -0.4 is 14.8 Å². The molecular formula is C20H17NO4S2. The van der Waals surface area contributed by atoms with Crippen molar-refractivity contribution in [3.8, 4) is 11.5 Å². The Labute approximate surface area is 164 Å². The summed E-state index contributed by atoms with van der Waals surface area (Å²) in [4.78, 5) is 13.1. The first-order valence-electron chi connectivity index (χ1n) is 8.30. The number of carbonyl (C=O) groups is 1. The van der Waals surface area contributed by atoms with Crippen molar-refractivity contribution in [2.75, 3.05) is 13.3 Å². The van der Waals surface area contributed by atoms with Gasteiger partial charge >= 0.3 is 0 Å². The Morgan fingerprint density at radius 2 is 2.11 bits per heavy atom. The molecule has 7 heteroatoms. The van der Waals surface area contributed by atoms with E-state index in [1.807, 2.05) is 52.5 Å². The molecule has 0 aliphatic carbocycles. The van der Waals surface area contributed by atoms with E-state index in [9.17, 15) is 9.90 Å². The number of rotatable bonds is 6. The number of aliphatic hydroxyl groups is 1. The summed E-state index contributed by atoms with van der Waals surface area (Å²) in [5.74, 6) is 1.09. The first kappa shape index (κ1) is 17.8. The van der Waals surface area contributed by atoms with E-state index in [0.717, 1.165) is 16.0 Å². The molecule has 1 atom stereocenters. The molecule has 5 nitrogen and oxygen atoms in total. The minimum absolute atomic E-state index is 0.0918. The molecule has 2 aromatic heterocycles. The third-order valence-electron chi connectivity index (χ3n) is 4.27. The van der Waals surface area contributed by atoms with Gasteiger partial charge in [0.25, 0.3) is 0 Å². The van der Waals surface area contributed by atoms with E-state index < -0.39 is 5.60 Å². The van der Waals surface area contributed by atoms with Crippen LogP contribution in [0.4, 0.5) is 0 Å².